The highest BCUT2D eigenvalue weighted by atomic mass is 32.1. The number of hydrogen-bond acceptors (Lipinski definition) is 7. The van der Waals surface area contributed by atoms with E-state index < -0.39 is 17.1 Å². The molecule has 1 heterocycles. The average molecular weight is 436 g/mol. The third kappa shape index (κ3) is 6.35. The van der Waals surface area contributed by atoms with E-state index in [-0.39, 0.29) is 12.5 Å². The Morgan fingerprint density at radius 1 is 1.10 bits per heavy atom. The van der Waals surface area contributed by atoms with Crippen molar-refractivity contribution in [2.75, 3.05) is 26.1 Å². The summed E-state index contributed by atoms with van der Waals surface area (Å²) in [7, 11) is 3.17. The molecular formula is C21H29N3O5S. The van der Waals surface area contributed by atoms with Gasteiger partial charge in [0.15, 0.2) is 5.13 Å². The maximum Gasteiger partial charge on any atom is 0.407 e. The molecule has 0 fully saturated rings. The largest absolute Gasteiger partial charge is 0.497 e. The fraction of sp³-hybridized carbons (Fsp3) is 0.476. The summed E-state index contributed by atoms with van der Waals surface area (Å²) in [5.41, 5.74) is -0.0408. The second-order valence-corrected chi connectivity index (χ2v) is 9.16. The number of carbonyl (C=O) groups excluding carboxylic acids is 2. The SMILES string of the molecule is COc1ccc(OC)c(-c2csc(NC(=O)C(C)(C)CNC(=O)OC(C)(C)C)n2)c1. The first-order valence-corrected chi connectivity index (χ1v) is 10.3. The number of methoxy groups -OCH3 is 2. The smallest absolute Gasteiger partial charge is 0.407 e. The molecule has 8 nitrogen and oxygen atoms in total. The van der Waals surface area contributed by atoms with Crippen molar-refractivity contribution in [1.82, 2.24) is 10.3 Å². The van der Waals surface area contributed by atoms with Crippen LogP contribution in [-0.4, -0.2) is 43.3 Å². The van der Waals surface area contributed by atoms with Gasteiger partial charge < -0.3 is 24.8 Å². The first-order valence-electron chi connectivity index (χ1n) is 9.41. The van der Waals surface area contributed by atoms with E-state index in [0.29, 0.717) is 22.3 Å². The van der Waals surface area contributed by atoms with E-state index in [1.807, 2.05) is 11.4 Å². The van der Waals surface area contributed by atoms with E-state index in [0.717, 1.165) is 5.56 Å². The summed E-state index contributed by atoms with van der Waals surface area (Å²) in [6.45, 7) is 8.93. The molecule has 0 unspecified atom stereocenters. The van der Waals surface area contributed by atoms with Gasteiger partial charge in [-0.3, -0.25) is 4.79 Å². The Morgan fingerprint density at radius 3 is 2.40 bits per heavy atom. The number of amides is 2. The number of nitrogens with one attached hydrogen (secondary N) is 2. The zero-order valence-electron chi connectivity index (χ0n) is 18.4. The number of hydrogen-bond donors (Lipinski definition) is 2. The van der Waals surface area contributed by atoms with Gasteiger partial charge in [-0.25, -0.2) is 9.78 Å². The topological polar surface area (TPSA) is 98.8 Å². The van der Waals surface area contributed by atoms with Crippen LogP contribution in [0.3, 0.4) is 0 Å². The molecule has 2 rings (SSSR count). The van der Waals surface area contributed by atoms with Crippen LogP contribution in [0.4, 0.5) is 9.93 Å². The lowest BCUT2D eigenvalue weighted by atomic mass is 9.92. The quantitative estimate of drug-likeness (QED) is 0.672. The Morgan fingerprint density at radius 2 is 1.80 bits per heavy atom. The van der Waals surface area contributed by atoms with Gasteiger partial charge in [-0.1, -0.05) is 0 Å². The second kappa shape index (κ2) is 9.34. The van der Waals surface area contributed by atoms with Gasteiger partial charge in [-0.2, -0.15) is 0 Å². The van der Waals surface area contributed by atoms with E-state index in [2.05, 4.69) is 15.6 Å². The Bertz CT molecular complexity index is 902. The summed E-state index contributed by atoms with van der Waals surface area (Å²) >= 11 is 1.30. The van der Waals surface area contributed by atoms with Gasteiger partial charge in [0, 0.05) is 17.5 Å². The number of thiazole rings is 1. The molecule has 0 radical (unpaired) electrons. The average Bonchev–Trinajstić information content (AvgIpc) is 3.13. The van der Waals surface area contributed by atoms with Crippen LogP contribution in [0, 0.1) is 5.41 Å². The number of rotatable bonds is 7. The van der Waals surface area contributed by atoms with Crippen LogP contribution in [0.1, 0.15) is 34.6 Å². The molecule has 0 aliphatic rings. The van der Waals surface area contributed by atoms with Crippen molar-refractivity contribution in [2.24, 2.45) is 5.41 Å². The number of alkyl carbamates (subject to hydrolysis) is 1. The van der Waals surface area contributed by atoms with Gasteiger partial charge in [0.2, 0.25) is 5.91 Å². The van der Waals surface area contributed by atoms with Crippen molar-refractivity contribution in [1.29, 1.82) is 0 Å². The lowest BCUT2D eigenvalue weighted by Crippen LogP contribution is -2.43. The highest BCUT2D eigenvalue weighted by Gasteiger charge is 2.30. The molecule has 0 saturated carbocycles. The molecular weight excluding hydrogens is 406 g/mol. The van der Waals surface area contributed by atoms with Gasteiger partial charge in [0.05, 0.1) is 25.3 Å². The van der Waals surface area contributed by atoms with Crippen LogP contribution >= 0.6 is 11.3 Å². The predicted molar refractivity (Wildman–Crippen MR) is 117 cm³/mol. The Balaban J connectivity index is 2.06. The molecule has 0 bridgehead atoms. The zero-order chi connectivity index (χ0) is 22.5. The fourth-order valence-electron chi connectivity index (χ4n) is 2.42. The first kappa shape index (κ1) is 23.5. The molecule has 30 heavy (non-hydrogen) atoms. The number of carbonyl (C=O) groups is 2. The molecule has 2 N–H and O–H groups in total. The third-order valence-electron chi connectivity index (χ3n) is 4.10. The summed E-state index contributed by atoms with van der Waals surface area (Å²) in [4.78, 5) is 29.1. The standard InChI is InChI=1S/C21H29N3O5S/c1-20(2,3)29-19(26)22-12-21(4,5)17(25)24-18-23-15(11-30-18)14-10-13(27-6)8-9-16(14)28-7/h8-11H,12H2,1-7H3,(H,22,26)(H,23,24,25). The normalized spacial score (nSPS) is 11.6. The van der Waals surface area contributed by atoms with Crippen LogP contribution in [0.2, 0.25) is 0 Å². The van der Waals surface area contributed by atoms with Crippen LogP contribution in [0.5, 0.6) is 11.5 Å². The number of ether oxygens (including phenoxy) is 3. The summed E-state index contributed by atoms with van der Waals surface area (Å²) in [5, 5.41) is 7.73. The summed E-state index contributed by atoms with van der Waals surface area (Å²) in [5.74, 6) is 1.07. The maximum atomic E-state index is 12.7. The third-order valence-corrected chi connectivity index (χ3v) is 4.85. The van der Waals surface area contributed by atoms with Crippen LogP contribution in [0.25, 0.3) is 11.3 Å². The highest BCUT2D eigenvalue weighted by Crippen LogP contribution is 2.35. The molecule has 0 saturated heterocycles. The van der Waals surface area contributed by atoms with Crippen molar-refractivity contribution < 1.29 is 23.8 Å². The Hall–Kier alpha value is -2.81. The van der Waals surface area contributed by atoms with Crippen molar-refractivity contribution >= 4 is 28.5 Å². The molecule has 0 spiro atoms. The van der Waals surface area contributed by atoms with Gasteiger partial charge in [0.1, 0.15) is 17.1 Å². The van der Waals surface area contributed by atoms with Gasteiger partial charge in [-0.15, -0.1) is 11.3 Å². The molecule has 9 heteroatoms. The van der Waals surface area contributed by atoms with E-state index >= 15 is 0 Å². The first-order chi connectivity index (χ1) is 13.9. The number of aromatic nitrogens is 1. The zero-order valence-corrected chi connectivity index (χ0v) is 19.2. The van der Waals surface area contributed by atoms with Crippen LogP contribution in [-0.2, 0) is 9.53 Å². The Labute approximate surface area is 180 Å². The van der Waals surface area contributed by atoms with Crippen molar-refractivity contribution in [3.8, 4) is 22.8 Å². The monoisotopic (exact) mass is 435 g/mol. The van der Waals surface area contributed by atoms with E-state index in [9.17, 15) is 9.59 Å². The van der Waals surface area contributed by atoms with Crippen molar-refractivity contribution in [3.05, 3.63) is 23.6 Å². The maximum absolute atomic E-state index is 12.7. The van der Waals surface area contributed by atoms with Crippen LogP contribution in [0.15, 0.2) is 23.6 Å². The number of anilines is 1. The predicted octanol–water partition coefficient (Wildman–Crippen LogP) is 4.32. The highest BCUT2D eigenvalue weighted by molar-refractivity contribution is 7.14. The van der Waals surface area contributed by atoms with E-state index in [1.54, 1.807) is 61.0 Å². The molecule has 2 aromatic rings. The van der Waals surface area contributed by atoms with Gasteiger partial charge >= 0.3 is 6.09 Å². The van der Waals surface area contributed by atoms with Crippen LogP contribution < -0.4 is 20.1 Å². The molecule has 0 aliphatic carbocycles. The number of benzene rings is 1. The number of nitrogens with zero attached hydrogens (tertiary/aromatic N) is 1. The molecule has 0 atom stereocenters. The summed E-state index contributed by atoms with van der Waals surface area (Å²) in [6, 6.07) is 5.43. The van der Waals surface area contributed by atoms with E-state index in [4.69, 9.17) is 14.2 Å². The lowest BCUT2D eigenvalue weighted by molar-refractivity contribution is -0.123. The van der Waals surface area contributed by atoms with Crippen molar-refractivity contribution in [2.45, 2.75) is 40.2 Å². The molecule has 164 valence electrons. The molecule has 2 amide bonds. The fourth-order valence-corrected chi connectivity index (χ4v) is 3.13. The minimum atomic E-state index is -0.865. The molecule has 1 aromatic heterocycles. The Kier molecular flexibility index (Phi) is 7.30. The minimum Gasteiger partial charge on any atom is -0.497 e. The minimum absolute atomic E-state index is 0.121. The van der Waals surface area contributed by atoms with Crippen molar-refractivity contribution in [3.63, 3.8) is 0 Å². The molecule has 0 aliphatic heterocycles. The van der Waals surface area contributed by atoms with Gasteiger partial charge in [0.25, 0.3) is 0 Å². The summed E-state index contributed by atoms with van der Waals surface area (Å²) in [6.07, 6.45) is -0.565. The van der Waals surface area contributed by atoms with E-state index in [1.165, 1.54) is 11.3 Å². The van der Waals surface area contributed by atoms with Gasteiger partial charge in [-0.05, 0) is 52.8 Å². The lowest BCUT2D eigenvalue weighted by Gasteiger charge is -2.25. The second-order valence-electron chi connectivity index (χ2n) is 8.30. The summed E-state index contributed by atoms with van der Waals surface area (Å²) < 4.78 is 15.9. The molecule has 1 aromatic carbocycles.